The third-order valence-corrected chi connectivity index (χ3v) is 19.8. The second-order valence-electron chi connectivity index (χ2n) is 29.1. The highest BCUT2D eigenvalue weighted by Crippen LogP contribution is 2.45. The van der Waals surface area contributed by atoms with Crippen LogP contribution in [0.25, 0.3) is 0 Å². The van der Waals surface area contributed by atoms with Crippen LogP contribution in [-0.4, -0.2) is 96.7 Å². The van der Waals surface area contributed by atoms with E-state index in [2.05, 4.69) is 55.4 Å². The molecule has 564 valence electrons. The first-order chi connectivity index (χ1) is 45.6. The Balaban J connectivity index is 5.21. The predicted molar refractivity (Wildman–Crippen MR) is 386 cm³/mol. The summed E-state index contributed by atoms with van der Waals surface area (Å²) in [5, 5.41) is 10.6. The lowest BCUT2D eigenvalue weighted by Gasteiger charge is -2.21. The molecule has 0 aromatic rings. The van der Waals surface area contributed by atoms with Crippen LogP contribution in [0, 0.1) is 23.7 Å². The van der Waals surface area contributed by atoms with Crippen molar-refractivity contribution in [2.75, 3.05) is 39.6 Å². The van der Waals surface area contributed by atoms with Gasteiger partial charge in [0.05, 0.1) is 26.4 Å². The first kappa shape index (κ1) is 93.1. The normalized spacial score (nSPS) is 14.4. The minimum atomic E-state index is -4.96. The summed E-state index contributed by atoms with van der Waals surface area (Å²) in [4.78, 5) is 72.8. The van der Waals surface area contributed by atoms with Crippen molar-refractivity contribution in [3.63, 3.8) is 0 Å². The number of carbonyl (C=O) groups excluding carboxylic acids is 4. The summed E-state index contributed by atoms with van der Waals surface area (Å²) in [5.74, 6) is 0.937. The van der Waals surface area contributed by atoms with Gasteiger partial charge in [-0.05, 0) is 49.4 Å². The van der Waals surface area contributed by atoms with Crippen LogP contribution in [0.1, 0.15) is 383 Å². The van der Waals surface area contributed by atoms with Crippen LogP contribution >= 0.6 is 15.6 Å². The van der Waals surface area contributed by atoms with Gasteiger partial charge in [-0.25, -0.2) is 9.13 Å². The second kappa shape index (κ2) is 65.4. The predicted octanol–water partition coefficient (Wildman–Crippen LogP) is 22.0. The van der Waals surface area contributed by atoms with E-state index in [0.29, 0.717) is 31.6 Å². The summed E-state index contributed by atoms with van der Waals surface area (Å²) >= 11 is 0. The number of carbonyl (C=O) groups is 4. The quantitative estimate of drug-likeness (QED) is 0.0222. The average Bonchev–Trinajstić information content (AvgIpc) is 1.67. The van der Waals surface area contributed by atoms with Crippen LogP contribution in [0.15, 0.2) is 0 Å². The van der Waals surface area contributed by atoms with Crippen molar-refractivity contribution in [2.45, 2.75) is 401 Å². The molecule has 6 atom stereocenters. The van der Waals surface area contributed by atoms with Crippen molar-refractivity contribution in [3.8, 4) is 0 Å². The zero-order valence-electron chi connectivity index (χ0n) is 62.3. The Morgan fingerprint density at radius 1 is 0.295 bits per heavy atom. The Bertz CT molecular complexity index is 1870. The molecule has 0 aromatic heterocycles. The van der Waals surface area contributed by atoms with E-state index in [4.69, 9.17) is 37.0 Å². The minimum Gasteiger partial charge on any atom is -0.462 e. The number of aliphatic hydroxyl groups excluding tert-OH is 1. The maximum Gasteiger partial charge on any atom is 0.472 e. The summed E-state index contributed by atoms with van der Waals surface area (Å²) in [6.07, 6.45) is 50.0. The lowest BCUT2D eigenvalue weighted by Crippen LogP contribution is -2.30. The summed E-state index contributed by atoms with van der Waals surface area (Å²) in [7, 11) is -9.91. The molecule has 19 heteroatoms. The van der Waals surface area contributed by atoms with Gasteiger partial charge in [-0.3, -0.25) is 37.3 Å². The largest absolute Gasteiger partial charge is 0.472 e. The van der Waals surface area contributed by atoms with Crippen LogP contribution in [0.5, 0.6) is 0 Å². The van der Waals surface area contributed by atoms with Gasteiger partial charge in [0.2, 0.25) is 0 Å². The fourth-order valence-electron chi connectivity index (χ4n) is 11.5. The number of hydrogen-bond donors (Lipinski definition) is 3. The molecule has 0 rings (SSSR count). The number of phosphoric acid groups is 2. The number of esters is 4. The number of rotatable bonds is 73. The van der Waals surface area contributed by atoms with Crippen molar-refractivity contribution < 1.29 is 80.2 Å². The fraction of sp³-hybridized carbons (Fsp3) is 0.947. The molecule has 0 bridgehead atoms. The monoisotopic (exact) mass is 1400 g/mol. The van der Waals surface area contributed by atoms with Crippen molar-refractivity contribution in [2.24, 2.45) is 23.7 Å². The molecule has 0 aliphatic carbocycles. The molecule has 95 heavy (non-hydrogen) atoms. The van der Waals surface area contributed by atoms with Gasteiger partial charge in [-0.15, -0.1) is 0 Å². The zero-order valence-corrected chi connectivity index (χ0v) is 64.1. The maximum atomic E-state index is 13.1. The molecule has 4 unspecified atom stereocenters. The molecule has 0 aromatic carbocycles. The summed E-state index contributed by atoms with van der Waals surface area (Å²) in [5.41, 5.74) is 0. The second-order valence-corrected chi connectivity index (χ2v) is 32.0. The molecule has 3 N–H and O–H groups in total. The highest BCUT2D eigenvalue weighted by molar-refractivity contribution is 7.47. The van der Waals surface area contributed by atoms with E-state index >= 15 is 0 Å². The highest BCUT2D eigenvalue weighted by atomic mass is 31.2. The molecule has 0 radical (unpaired) electrons. The van der Waals surface area contributed by atoms with E-state index in [9.17, 15) is 43.2 Å². The Kier molecular flexibility index (Phi) is 64.0. The van der Waals surface area contributed by atoms with E-state index in [1.807, 2.05) is 0 Å². The van der Waals surface area contributed by atoms with E-state index < -0.39 is 97.5 Å². The van der Waals surface area contributed by atoms with E-state index in [1.54, 1.807) is 0 Å². The van der Waals surface area contributed by atoms with Gasteiger partial charge in [-0.1, -0.05) is 331 Å². The van der Waals surface area contributed by atoms with Gasteiger partial charge in [0.25, 0.3) is 0 Å². The fourth-order valence-corrected chi connectivity index (χ4v) is 13.1. The average molecular weight is 1400 g/mol. The Morgan fingerprint density at radius 3 is 0.747 bits per heavy atom. The number of aliphatic hydroxyl groups is 1. The SMILES string of the molecule is CCC(C)CCCCCCCCCCCCCCCCC(=O)O[C@H](COC(=O)CCCCCCCCCC(C)C)COP(=O)(O)OCC(O)COP(=O)(O)OC[C@@H](COC(=O)CCCCCCCCCCCCCCCC(C)C)OC(=O)CCCCCCCCCCC(C)C. The highest BCUT2D eigenvalue weighted by Gasteiger charge is 2.30. The number of phosphoric ester groups is 2. The molecule has 0 heterocycles. The Morgan fingerprint density at radius 2 is 0.505 bits per heavy atom. The summed E-state index contributed by atoms with van der Waals surface area (Å²) in [6, 6.07) is 0. The molecular formula is C76H148O17P2. The van der Waals surface area contributed by atoms with Gasteiger partial charge >= 0.3 is 39.5 Å². The lowest BCUT2D eigenvalue weighted by atomic mass is 9.99. The lowest BCUT2D eigenvalue weighted by molar-refractivity contribution is -0.161. The molecule has 0 aliphatic rings. The summed E-state index contributed by atoms with van der Waals surface area (Å²) < 4.78 is 68.5. The molecule has 0 fully saturated rings. The molecule has 0 amide bonds. The van der Waals surface area contributed by atoms with Crippen LogP contribution in [0.2, 0.25) is 0 Å². The van der Waals surface area contributed by atoms with Crippen LogP contribution in [0.4, 0.5) is 0 Å². The number of unbranched alkanes of at least 4 members (excludes halogenated alkanes) is 38. The van der Waals surface area contributed by atoms with Gasteiger partial charge in [0.15, 0.2) is 12.2 Å². The van der Waals surface area contributed by atoms with Crippen molar-refractivity contribution in [1.29, 1.82) is 0 Å². The van der Waals surface area contributed by atoms with Crippen molar-refractivity contribution in [3.05, 3.63) is 0 Å². The summed E-state index contributed by atoms with van der Waals surface area (Å²) in [6.45, 7) is 14.2. The van der Waals surface area contributed by atoms with Gasteiger partial charge < -0.3 is 33.8 Å². The Labute approximate surface area is 581 Å². The minimum absolute atomic E-state index is 0.104. The molecule has 17 nitrogen and oxygen atoms in total. The third kappa shape index (κ3) is 69.0. The molecule has 0 saturated heterocycles. The smallest absolute Gasteiger partial charge is 0.462 e. The first-order valence-corrected chi connectivity index (χ1v) is 42.2. The van der Waals surface area contributed by atoms with Crippen LogP contribution < -0.4 is 0 Å². The van der Waals surface area contributed by atoms with Gasteiger partial charge in [0, 0.05) is 25.7 Å². The molecule has 0 spiro atoms. The van der Waals surface area contributed by atoms with Crippen LogP contribution in [0.3, 0.4) is 0 Å². The topological polar surface area (TPSA) is 237 Å². The third-order valence-electron chi connectivity index (χ3n) is 17.9. The van der Waals surface area contributed by atoms with Gasteiger partial charge in [-0.2, -0.15) is 0 Å². The van der Waals surface area contributed by atoms with E-state index in [0.717, 1.165) is 114 Å². The Hall–Kier alpha value is -1.94. The molecule has 0 saturated carbocycles. The standard InChI is InChI=1S/C76H148O17P2/c1-9-69(8)55-47-39-31-22-18-14-10-11-15-20-24-33-42-50-58-75(80)92-72(63-87-74(79)57-49-41-35-27-30-38-46-54-68(6)7)65-91-95(84,85)89-61-70(77)60-88-94(82,83)90-64-71(93-76(81)59-51-43-34-26-25-29-37-45-53-67(4)5)62-86-73(78)56-48-40-32-23-19-16-12-13-17-21-28-36-44-52-66(2)3/h66-72,77H,9-65H2,1-8H3,(H,82,83)(H,84,85)/t69?,70?,71-,72-/m1/s1. The van der Waals surface area contributed by atoms with Crippen molar-refractivity contribution in [1.82, 2.24) is 0 Å². The molecule has 0 aliphatic heterocycles. The zero-order chi connectivity index (χ0) is 70.3. The number of hydrogen-bond acceptors (Lipinski definition) is 15. The van der Waals surface area contributed by atoms with E-state index in [-0.39, 0.29) is 25.7 Å². The van der Waals surface area contributed by atoms with Gasteiger partial charge in [0.1, 0.15) is 19.3 Å². The van der Waals surface area contributed by atoms with E-state index in [1.165, 1.54) is 180 Å². The number of ether oxygens (including phenoxy) is 4. The van der Waals surface area contributed by atoms with Crippen molar-refractivity contribution >= 4 is 39.5 Å². The maximum absolute atomic E-state index is 13.1. The first-order valence-electron chi connectivity index (χ1n) is 39.2. The molecular weight excluding hydrogens is 1250 g/mol. The van der Waals surface area contributed by atoms with Crippen LogP contribution in [-0.2, 0) is 65.4 Å².